The molecule has 0 saturated heterocycles. The number of benzene rings is 1. The van der Waals surface area contributed by atoms with Crippen LogP contribution in [0.25, 0.3) is 6.08 Å². The summed E-state index contributed by atoms with van der Waals surface area (Å²) in [6.07, 6.45) is 1.49. The van der Waals surface area contributed by atoms with Gasteiger partial charge >= 0.3 is 0 Å². The van der Waals surface area contributed by atoms with Crippen LogP contribution in [0.1, 0.15) is 12.5 Å². The molecule has 0 radical (unpaired) electrons. The highest BCUT2D eigenvalue weighted by Crippen LogP contribution is 2.06. The van der Waals surface area contributed by atoms with Gasteiger partial charge in [-0.2, -0.15) is 0 Å². The van der Waals surface area contributed by atoms with Crippen molar-refractivity contribution in [3.05, 3.63) is 41.5 Å². The first kappa shape index (κ1) is 10.2. The molecular formula is C11H11NO2. The van der Waals surface area contributed by atoms with E-state index in [1.165, 1.54) is 13.0 Å². The summed E-state index contributed by atoms with van der Waals surface area (Å²) >= 11 is 0. The summed E-state index contributed by atoms with van der Waals surface area (Å²) in [4.78, 5) is 21.9. The third kappa shape index (κ3) is 2.55. The zero-order chi connectivity index (χ0) is 10.6. The second kappa shape index (κ2) is 4.37. The maximum atomic E-state index is 11.0. The molecule has 0 bridgehead atoms. The Labute approximate surface area is 82.2 Å². The van der Waals surface area contributed by atoms with E-state index in [2.05, 4.69) is 0 Å². The highest BCUT2D eigenvalue weighted by atomic mass is 16.2. The van der Waals surface area contributed by atoms with E-state index in [4.69, 9.17) is 5.73 Å². The van der Waals surface area contributed by atoms with Gasteiger partial charge in [0.05, 0.1) is 5.57 Å². The van der Waals surface area contributed by atoms with Crippen LogP contribution in [0.4, 0.5) is 0 Å². The Hall–Kier alpha value is -1.90. The maximum absolute atomic E-state index is 11.0. The van der Waals surface area contributed by atoms with Crippen LogP contribution in [0.5, 0.6) is 0 Å². The van der Waals surface area contributed by atoms with Crippen LogP contribution in [-0.4, -0.2) is 11.7 Å². The van der Waals surface area contributed by atoms with Gasteiger partial charge in [-0.25, -0.2) is 0 Å². The number of amides is 1. The van der Waals surface area contributed by atoms with Gasteiger partial charge < -0.3 is 5.73 Å². The number of carbonyl (C=O) groups is 2. The predicted octanol–water partition coefficient (Wildman–Crippen LogP) is 1.14. The summed E-state index contributed by atoms with van der Waals surface area (Å²) in [5.41, 5.74) is 5.87. The van der Waals surface area contributed by atoms with Crippen molar-refractivity contribution in [1.82, 2.24) is 0 Å². The van der Waals surface area contributed by atoms with Crippen LogP contribution in [0.2, 0.25) is 0 Å². The number of primary amides is 1. The second-order valence-corrected chi connectivity index (χ2v) is 2.89. The molecule has 0 aliphatic carbocycles. The van der Waals surface area contributed by atoms with Crippen molar-refractivity contribution >= 4 is 17.8 Å². The average molecular weight is 189 g/mol. The van der Waals surface area contributed by atoms with E-state index in [-0.39, 0.29) is 11.4 Å². The Morgan fingerprint density at radius 3 is 2.21 bits per heavy atom. The number of nitrogens with two attached hydrogens (primary N) is 1. The van der Waals surface area contributed by atoms with Crippen molar-refractivity contribution < 1.29 is 9.59 Å². The lowest BCUT2D eigenvalue weighted by molar-refractivity contribution is -0.119. The van der Waals surface area contributed by atoms with E-state index in [9.17, 15) is 9.59 Å². The van der Waals surface area contributed by atoms with E-state index in [1.54, 1.807) is 12.1 Å². The molecule has 0 aliphatic rings. The Morgan fingerprint density at radius 2 is 1.79 bits per heavy atom. The van der Waals surface area contributed by atoms with Crippen molar-refractivity contribution in [2.24, 2.45) is 5.73 Å². The highest BCUT2D eigenvalue weighted by molar-refractivity contribution is 6.21. The lowest BCUT2D eigenvalue weighted by atomic mass is 10.1. The molecule has 1 amide bonds. The Kier molecular flexibility index (Phi) is 3.18. The van der Waals surface area contributed by atoms with Crippen LogP contribution < -0.4 is 5.73 Å². The van der Waals surface area contributed by atoms with E-state index in [0.29, 0.717) is 0 Å². The SMILES string of the molecule is CC(=O)/C(=C\c1ccccc1)C(N)=O. The average Bonchev–Trinajstić information content (AvgIpc) is 2.15. The Morgan fingerprint density at radius 1 is 1.21 bits per heavy atom. The molecule has 0 unspecified atom stereocenters. The number of ketones is 1. The minimum atomic E-state index is -0.693. The molecule has 0 saturated carbocycles. The molecule has 1 aromatic carbocycles. The van der Waals surface area contributed by atoms with Gasteiger partial charge in [-0.05, 0) is 18.6 Å². The van der Waals surface area contributed by atoms with Crippen LogP contribution in [0.3, 0.4) is 0 Å². The molecular weight excluding hydrogens is 178 g/mol. The van der Waals surface area contributed by atoms with Gasteiger partial charge in [0.1, 0.15) is 0 Å². The van der Waals surface area contributed by atoms with Gasteiger partial charge in [-0.1, -0.05) is 30.3 Å². The largest absolute Gasteiger partial charge is 0.365 e. The molecule has 0 heterocycles. The maximum Gasteiger partial charge on any atom is 0.252 e. The molecule has 3 heteroatoms. The molecule has 14 heavy (non-hydrogen) atoms. The molecule has 0 atom stereocenters. The van der Waals surface area contributed by atoms with E-state index in [1.807, 2.05) is 18.2 Å². The number of hydrogen-bond donors (Lipinski definition) is 1. The van der Waals surface area contributed by atoms with Crippen LogP contribution in [-0.2, 0) is 9.59 Å². The molecule has 0 fully saturated rings. The fourth-order valence-corrected chi connectivity index (χ4v) is 1.06. The molecule has 0 spiro atoms. The fraction of sp³-hybridized carbons (Fsp3) is 0.0909. The normalized spacial score (nSPS) is 11.1. The summed E-state index contributed by atoms with van der Waals surface area (Å²) in [5.74, 6) is -1.01. The quantitative estimate of drug-likeness (QED) is 0.440. The number of hydrogen-bond acceptors (Lipinski definition) is 2. The standard InChI is InChI=1S/C11H11NO2/c1-8(13)10(11(12)14)7-9-5-3-2-4-6-9/h2-7H,1H3,(H2,12,14)/b10-7+. The zero-order valence-corrected chi connectivity index (χ0v) is 7.86. The molecule has 1 aromatic rings. The molecule has 2 N–H and O–H groups in total. The van der Waals surface area contributed by atoms with Gasteiger partial charge in [-0.3, -0.25) is 9.59 Å². The smallest absolute Gasteiger partial charge is 0.252 e. The van der Waals surface area contributed by atoms with Crippen LogP contribution in [0, 0.1) is 0 Å². The van der Waals surface area contributed by atoms with E-state index in [0.717, 1.165) is 5.56 Å². The lowest BCUT2D eigenvalue weighted by Gasteiger charge is -1.97. The number of carbonyl (C=O) groups excluding carboxylic acids is 2. The fourth-order valence-electron chi connectivity index (χ4n) is 1.06. The highest BCUT2D eigenvalue weighted by Gasteiger charge is 2.09. The van der Waals surface area contributed by atoms with Gasteiger partial charge in [-0.15, -0.1) is 0 Å². The number of rotatable bonds is 3. The summed E-state index contributed by atoms with van der Waals surface area (Å²) < 4.78 is 0. The summed E-state index contributed by atoms with van der Waals surface area (Å²) in [5, 5.41) is 0. The Bertz CT molecular complexity index is 364. The van der Waals surface area contributed by atoms with Gasteiger partial charge in [0.15, 0.2) is 5.78 Å². The predicted molar refractivity (Wildman–Crippen MR) is 54.3 cm³/mol. The molecule has 0 aliphatic heterocycles. The molecule has 1 rings (SSSR count). The van der Waals surface area contributed by atoms with Gasteiger partial charge in [0.25, 0.3) is 5.91 Å². The first-order valence-corrected chi connectivity index (χ1v) is 4.18. The number of Topliss-reactive ketones (excluding diaryl/α,β-unsaturated/α-hetero) is 1. The minimum absolute atomic E-state index is 0.0243. The molecule has 72 valence electrons. The third-order valence-electron chi connectivity index (χ3n) is 1.76. The summed E-state index contributed by atoms with van der Waals surface area (Å²) in [6.45, 7) is 1.32. The van der Waals surface area contributed by atoms with E-state index >= 15 is 0 Å². The van der Waals surface area contributed by atoms with Crippen molar-refractivity contribution in [3.63, 3.8) is 0 Å². The third-order valence-corrected chi connectivity index (χ3v) is 1.76. The monoisotopic (exact) mass is 189 g/mol. The van der Waals surface area contributed by atoms with Gasteiger partial charge in [0, 0.05) is 0 Å². The van der Waals surface area contributed by atoms with Crippen molar-refractivity contribution in [3.8, 4) is 0 Å². The topological polar surface area (TPSA) is 60.2 Å². The summed E-state index contributed by atoms with van der Waals surface area (Å²) in [7, 11) is 0. The zero-order valence-electron chi connectivity index (χ0n) is 7.86. The first-order chi connectivity index (χ1) is 6.61. The molecule has 0 aromatic heterocycles. The van der Waals surface area contributed by atoms with Crippen molar-refractivity contribution in [1.29, 1.82) is 0 Å². The van der Waals surface area contributed by atoms with Crippen molar-refractivity contribution in [2.75, 3.05) is 0 Å². The second-order valence-electron chi connectivity index (χ2n) is 2.89. The van der Waals surface area contributed by atoms with Crippen molar-refractivity contribution in [2.45, 2.75) is 6.92 Å². The van der Waals surface area contributed by atoms with E-state index < -0.39 is 5.91 Å². The first-order valence-electron chi connectivity index (χ1n) is 4.18. The molecule has 3 nitrogen and oxygen atoms in total. The van der Waals surface area contributed by atoms with Crippen LogP contribution >= 0.6 is 0 Å². The van der Waals surface area contributed by atoms with Crippen LogP contribution in [0.15, 0.2) is 35.9 Å². The van der Waals surface area contributed by atoms with Gasteiger partial charge in [0.2, 0.25) is 0 Å². The minimum Gasteiger partial charge on any atom is -0.365 e. The lowest BCUT2D eigenvalue weighted by Crippen LogP contribution is -2.18. The summed E-state index contributed by atoms with van der Waals surface area (Å²) in [6, 6.07) is 9.10. The Balaban J connectivity index is 3.06.